The fourth-order valence-electron chi connectivity index (χ4n) is 2.11. The Morgan fingerprint density at radius 3 is 2.43 bits per heavy atom. The Morgan fingerprint density at radius 1 is 1.22 bits per heavy atom. The summed E-state index contributed by atoms with van der Waals surface area (Å²) >= 11 is 0. The first-order valence-corrected chi connectivity index (χ1v) is 6.55. The van der Waals surface area contributed by atoms with E-state index in [0.717, 1.165) is 27.6 Å². The zero-order chi connectivity index (χ0) is 17.2. The maximum Gasteiger partial charge on any atom is 0.419 e. The highest BCUT2D eigenvalue weighted by Gasteiger charge is 2.34. The Labute approximate surface area is 127 Å². The van der Waals surface area contributed by atoms with Crippen LogP contribution in [0.5, 0.6) is 5.75 Å². The number of nitrogens with zero attached hydrogens (tertiary/aromatic N) is 2. The first kappa shape index (κ1) is 17.0. The molecule has 2 aromatic rings. The van der Waals surface area contributed by atoms with E-state index in [1.165, 1.54) is 19.2 Å². The van der Waals surface area contributed by atoms with E-state index >= 15 is 0 Å². The van der Waals surface area contributed by atoms with Gasteiger partial charge in [0.1, 0.15) is 18.1 Å². The molecule has 23 heavy (non-hydrogen) atoms. The molecule has 0 aliphatic heterocycles. The summed E-state index contributed by atoms with van der Waals surface area (Å²) < 4.78 is 70.7. The van der Waals surface area contributed by atoms with Gasteiger partial charge in [-0.05, 0) is 12.1 Å². The summed E-state index contributed by atoms with van der Waals surface area (Å²) in [7, 11) is 1.27. The average Bonchev–Trinajstić information content (AvgIpc) is 2.75. The molecule has 0 fully saturated rings. The summed E-state index contributed by atoms with van der Waals surface area (Å²) in [5.74, 6) is -0.378. The molecule has 0 aliphatic carbocycles. The van der Waals surface area contributed by atoms with Crippen LogP contribution in [0.2, 0.25) is 0 Å². The van der Waals surface area contributed by atoms with Crippen LogP contribution in [0.1, 0.15) is 17.7 Å². The van der Waals surface area contributed by atoms with Crippen molar-refractivity contribution in [3.8, 4) is 5.75 Å². The number of benzene rings is 1. The lowest BCUT2D eigenvalue weighted by atomic mass is 10.2. The predicted octanol–water partition coefficient (Wildman–Crippen LogP) is 3.22. The number of para-hydroxylation sites is 1. The monoisotopic (exact) mass is 336 g/mol. The Kier molecular flexibility index (Phi) is 4.76. The van der Waals surface area contributed by atoms with Gasteiger partial charge in [-0.15, -0.1) is 0 Å². The first-order valence-electron chi connectivity index (χ1n) is 6.55. The summed E-state index contributed by atoms with van der Waals surface area (Å²) in [6.45, 7) is -0.429. The quantitative estimate of drug-likeness (QED) is 0.786. The third-order valence-corrected chi connectivity index (χ3v) is 3.24. The molecular formula is C14H13F5N2O2. The number of rotatable bonds is 5. The van der Waals surface area contributed by atoms with Gasteiger partial charge in [-0.3, -0.25) is 9.48 Å². The molecule has 9 heteroatoms. The summed E-state index contributed by atoms with van der Waals surface area (Å²) in [5.41, 5.74) is -2.08. The van der Waals surface area contributed by atoms with Crippen LogP contribution in [0.4, 0.5) is 22.0 Å². The molecule has 0 amide bonds. The van der Waals surface area contributed by atoms with Gasteiger partial charge in [0.15, 0.2) is 0 Å². The van der Waals surface area contributed by atoms with Crippen molar-refractivity contribution in [3.63, 3.8) is 0 Å². The molecule has 0 N–H and O–H groups in total. The van der Waals surface area contributed by atoms with Crippen LogP contribution in [0.25, 0.3) is 0 Å². The molecule has 126 valence electrons. The Bertz CT molecular complexity index is 733. The van der Waals surface area contributed by atoms with Gasteiger partial charge in [0.25, 0.3) is 12.0 Å². The summed E-state index contributed by atoms with van der Waals surface area (Å²) in [6, 6.07) is 5.43. The van der Waals surface area contributed by atoms with Gasteiger partial charge < -0.3 is 4.74 Å². The summed E-state index contributed by atoms with van der Waals surface area (Å²) in [5, 5.41) is 0. The van der Waals surface area contributed by atoms with Gasteiger partial charge in [0, 0.05) is 13.1 Å². The Hall–Kier alpha value is -2.32. The van der Waals surface area contributed by atoms with Crippen LogP contribution in [0, 0.1) is 0 Å². The fraction of sp³-hybridized carbons (Fsp3) is 0.357. The van der Waals surface area contributed by atoms with E-state index in [1.54, 1.807) is 0 Å². The highest BCUT2D eigenvalue weighted by Crippen LogP contribution is 2.35. The van der Waals surface area contributed by atoms with Crippen molar-refractivity contribution in [1.82, 2.24) is 9.36 Å². The average molecular weight is 336 g/mol. The molecule has 0 aliphatic rings. The number of alkyl halides is 5. The van der Waals surface area contributed by atoms with Crippen LogP contribution in [-0.4, -0.2) is 16.0 Å². The van der Waals surface area contributed by atoms with E-state index in [2.05, 4.69) is 0 Å². The highest BCUT2D eigenvalue weighted by atomic mass is 19.4. The van der Waals surface area contributed by atoms with Crippen molar-refractivity contribution in [3.05, 3.63) is 51.9 Å². The van der Waals surface area contributed by atoms with Crippen molar-refractivity contribution < 1.29 is 26.7 Å². The number of hydrogen-bond donors (Lipinski definition) is 0. The largest absolute Gasteiger partial charge is 0.491 e. The molecule has 0 saturated heterocycles. The van der Waals surface area contributed by atoms with Gasteiger partial charge in [-0.25, -0.2) is 13.5 Å². The molecule has 0 spiro atoms. The zero-order valence-electron chi connectivity index (χ0n) is 12.0. The lowest BCUT2D eigenvalue weighted by molar-refractivity contribution is -0.139. The number of ether oxygens (including phenoxy) is 1. The van der Waals surface area contributed by atoms with Crippen LogP contribution < -0.4 is 10.3 Å². The van der Waals surface area contributed by atoms with Gasteiger partial charge in [-0.1, -0.05) is 12.1 Å². The minimum atomic E-state index is -4.57. The topological polar surface area (TPSA) is 36.2 Å². The van der Waals surface area contributed by atoms with Gasteiger partial charge >= 0.3 is 6.18 Å². The molecule has 1 aromatic carbocycles. The van der Waals surface area contributed by atoms with E-state index in [1.807, 2.05) is 0 Å². The number of hydrogen-bond acceptors (Lipinski definition) is 2. The van der Waals surface area contributed by atoms with Crippen molar-refractivity contribution in [1.29, 1.82) is 0 Å². The van der Waals surface area contributed by atoms with Crippen molar-refractivity contribution in [2.75, 3.05) is 6.61 Å². The van der Waals surface area contributed by atoms with Gasteiger partial charge in [-0.2, -0.15) is 13.2 Å². The van der Waals surface area contributed by atoms with Gasteiger partial charge in [0.2, 0.25) is 0 Å². The molecule has 2 rings (SSSR count). The van der Waals surface area contributed by atoms with Crippen LogP contribution in [0.15, 0.2) is 35.1 Å². The molecule has 0 radical (unpaired) electrons. The second-order valence-corrected chi connectivity index (χ2v) is 4.70. The Morgan fingerprint density at radius 2 is 1.87 bits per heavy atom. The minimum Gasteiger partial charge on any atom is -0.491 e. The molecule has 1 aromatic heterocycles. The SMILES string of the molecule is Cn1c(C(F)F)cc(=O)n1CCOc1ccccc1C(F)(F)F. The molecule has 0 saturated carbocycles. The summed E-state index contributed by atoms with van der Waals surface area (Å²) in [6.07, 6.45) is -7.39. The molecule has 4 nitrogen and oxygen atoms in total. The predicted molar refractivity (Wildman–Crippen MR) is 71.6 cm³/mol. The third kappa shape index (κ3) is 3.72. The third-order valence-electron chi connectivity index (χ3n) is 3.24. The molecule has 1 heterocycles. The van der Waals surface area contributed by atoms with Gasteiger partial charge in [0.05, 0.1) is 12.1 Å². The molecule has 0 bridgehead atoms. The van der Waals surface area contributed by atoms with Crippen LogP contribution in [-0.2, 0) is 19.8 Å². The lowest BCUT2D eigenvalue weighted by Gasteiger charge is -2.14. The Balaban J connectivity index is 2.12. The maximum absolute atomic E-state index is 12.8. The van der Waals surface area contributed by atoms with Crippen LogP contribution in [0.3, 0.4) is 0 Å². The maximum atomic E-state index is 12.8. The molecule has 0 atom stereocenters. The second-order valence-electron chi connectivity index (χ2n) is 4.70. The van der Waals surface area contributed by atoms with E-state index in [0.29, 0.717) is 0 Å². The van der Waals surface area contributed by atoms with Crippen LogP contribution >= 0.6 is 0 Å². The van der Waals surface area contributed by atoms with E-state index in [-0.39, 0.29) is 18.9 Å². The highest BCUT2D eigenvalue weighted by molar-refractivity contribution is 5.35. The van der Waals surface area contributed by atoms with E-state index < -0.39 is 29.4 Å². The molecule has 0 unspecified atom stereocenters. The van der Waals surface area contributed by atoms with Crippen molar-refractivity contribution in [2.24, 2.45) is 7.05 Å². The number of halogens is 5. The second kappa shape index (κ2) is 6.43. The zero-order valence-corrected chi connectivity index (χ0v) is 12.0. The fourth-order valence-corrected chi connectivity index (χ4v) is 2.11. The minimum absolute atomic E-state index is 0.158. The summed E-state index contributed by atoms with van der Waals surface area (Å²) in [4.78, 5) is 11.6. The van der Waals surface area contributed by atoms with Crippen molar-refractivity contribution in [2.45, 2.75) is 19.1 Å². The smallest absolute Gasteiger partial charge is 0.419 e. The standard InChI is InChI=1S/C14H13F5N2O2/c1-20-10(13(15)16)8-12(22)21(20)6-7-23-11-5-3-2-4-9(11)14(17,18)19/h2-5,8,13H,6-7H2,1H3. The normalized spacial score (nSPS) is 12.0. The first-order chi connectivity index (χ1) is 10.7. The van der Waals surface area contributed by atoms with Crippen molar-refractivity contribution >= 4 is 0 Å². The molecular weight excluding hydrogens is 323 g/mol. The van der Waals surface area contributed by atoms with E-state index in [9.17, 15) is 26.7 Å². The van der Waals surface area contributed by atoms with E-state index in [4.69, 9.17) is 4.74 Å². The lowest BCUT2D eigenvalue weighted by Crippen LogP contribution is -2.25. The number of aromatic nitrogens is 2.